The van der Waals surface area contributed by atoms with Gasteiger partial charge in [-0.15, -0.1) is 0 Å². The third-order valence-electron chi connectivity index (χ3n) is 8.00. The van der Waals surface area contributed by atoms with Gasteiger partial charge in [0.15, 0.2) is 18.9 Å². The summed E-state index contributed by atoms with van der Waals surface area (Å²) in [5.41, 5.74) is 11.9. The smallest absolute Gasteiger partial charge is 0.187 e. The summed E-state index contributed by atoms with van der Waals surface area (Å²) in [6.45, 7) is -4.18. The fourth-order valence-electron chi connectivity index (χ4n) is 5.21. The molecule has 0 spiro atoms. The maximum absolute atomic E-state index is 11.0. The molecule has 0 amide bonds. The predicted octanol–water partition coefficient (Wildman–Crippen LogP) is -10.2. The highest BCUT2D eigenvalue weighted by atomic mass is 16.8. The van der Waals surface area contributed by atoms with Crippen LogP contribution in [0.1, 0.15) is 0 Å². The van der Waals surface area contributed by atoms with Crippen molar-refractivity contribution in [1.82, 2.24) is 0 Å². The lowest BCUT2D eigenvalue weighted by Gasteiger charge is -2.48. The Morgan fingerprint density at radius 1 is 0.578 bits per heavy atom. The number of ether oxygens (including phenoxy) is 6. The first-order valence-corrected chi connectivity index (χ1v) is 14.2. The molecule has 3 aliphatic rings. The zero-order chi connectivity index (χ0) is 33.7. The van der Waals surface area contributed by atoms with Gasteiger partial charge in [-0.1, -0.05) is 0 Å². The van der Waals surface area contributed by atoms with E-state index >= 15 is 0 Å². The first-order chi connectivity index (χ1) is 21.2. The van der Waals surface area contributed by atoms with Crippen LogP contribution in [0.3, 0.4) is 0 Å². The Morgan fingerprint density at radius 2 is 1.09 bits per heavy atom. The number of rotatable bonds is 14. The van der Waals surface area contributed by atoms with E-state index in [4.69, 9.17) is 39.9 Å². The van der Waals surface area contributed by atoms with E-state index < -0.39 is 149 Å². The van der Waals surface area contributed by atoms with Gasteiger partial charge in [-0.05, 0) is 0 Å². The lowest BCUT2D eigenvalue weighted by atomic mass is 9.95. The first kappa shape index (κ1) is 38.6. The van der Waals surface area contributed by atoms with Crippen molar-refractivity contribution in [3.8, 4) is 0 Å². The molecule has 0 unspecified atom stereocenters. The maximum atomic E-state index is 11.0. The monoisotopic (exact) mass is 666 g/mol. The molecule has 266 valence electrons. The molecule has 0 bridgehead atoms. The van der Waals surface area contributed by atoms with Crippen LogP contribution in [-0.2, 0) is 28.4 Å². The van der Waals surface area contributed by atoms with Gasteiger partial charge in [0.25, 0.3) is 0 Å². The molecule has 3 rings (SSSR count). The van der Waals surface area contributed by atoms with E-state index in [9.17, 15) is 66.4 Å². The molecular formula is C24H46N2O19. The Kier molecular flexibility index (Phi) is 14.6. The maximum Gasteiger partial charge on any atom is 0.187 e. The first-order valence-electron chi connectivity index (χ1n) is 14.2. The number of hydrogen-bond acceptors (Lipinski definition) is 21. The normalized spacial score (nSPS) is 45.5. The molecule has 0 aromatic heterocycles. The summed E-state index contributed by atoms with van der Waals surface area (Å²) in [5, 5.41) is 131. The quantitative estimate of drug-likeness (QED) is 0.0818. The van der Waals surface area contributed by atoms with Crippen molar-refractivity contribution in [3.63, 3.8) is 0 Å². The van der Waals surface area contributed by atoms with Crippen molar-refractivity contribution in [2.24, 2.45) is 11.5 Å². The van der Waals surface area contributed by atoms with Crippen LogP contribution in [0.15, 0.2) is 0 Å². The minimum Gasteiger partial charge on any atom is -0.395 e. The molecule has 3 heterocycles. The summed E-state index contributed by atoms with van der Waals surface area (Å²) in [7, 11) is 0. The van der Waals surface area contributed by atoms with E-state index in [1.54, 1.807) is 0 Å². The minimum absolute atomic E-state index is 0.749. The SMILES string of the molecule is N[C@H]1[C@@H](O[C@@H]([C@@H](O)[C@H](O)CO)[C@@H](N)CO)O[C@H](CO)[C@@H](O[C@@H]2O[C@H](CO)[C@H](O)[C@H](O[C@H]3O[C@H](CO)[C@H](O)[C@H](O)[C@H]3O)[C@H]2O)[C@@H]1O. The molecular weight excluding hydrogens is 620 g/mol. The Morgan fingerprint density at radius 3 is 1.62 bits per heavy atom. The molecule has 19 atom stereocenters. The average molecular weight is 667 g/mol. The van der Waals surface area contributed by atoms with Crippen molar-refractivity contribution < 1.29 is 94.8 Å². The van der Waals surface area contributed by atoms with Crippen molar-refractivity contribution in [2.75, 3.05) is 33.0 Å². The van der Waals surface area contributed by atoms with Gasteiger partial charge in [-0.2, -0.15) is 0 Å². The van der Waals surface area contributed by atoms with E-state index in [-0.39, 0.29) is 0 Å². The molecule has 3 aliphatic heterocycles. The molecule has 0 radical (unpaired) electrons. The van der Waals surface area contributed by atoms with Crippen molar-refractivity contribution >= 4 is 0 Å². The predicted molar refractivity (Wildman–Crippen MR) is 140 cm³/mol. The molecule has 0 aliphatic carbocycles. The van der Waals surface area contributed by atoms with E-state index in [1.807, 2.05) is 0 Å². The Hall–Kier alpha value is -0.840. The second kappa shape index (κ2) is 17.0. The fourth-order valence-corrected chi connectivity index (χ4v) is 5.21. The second-order valence-corrected chi connectivity index (χ2v) is 11.1. The van der Waals surface area contributed by atoms with E-state index in [1.165, 1.54) is 0 Å². The summed E-state index contributed by atoms with van der Waals surface area (Å²) < 4.78 is 33.1. The molecule has 0 saturated carbocycles. The summed E-state index contributed by atoms with van der Waals surface area (Å²) >= 11 is 0. The van der Waals surface area contributed by atoms with Crippen LogP contribution in [0, 0.1) is 0 Å². The van der Waals surface area contributed by atoms with E-state index in [0.29, 0.717) is 0 Å². The van der Waals surface area contributed by atoms with Crippen molar-refractivity contribution in [2.45, 2.75) is 116 Å². The van der Waals surface area contributed by atoms with Crippen molar-refractivity contribution in [3.05, 3.63) is 0 Å². The van der Waals surface area contributed by atoms with Crippen LogP contribution in [0.25, 0.3) is 0 Å². The number of aliphatic hydroxyl groups excluding tert-OH is 13. The Bertz CT molecular complexity index is 878. The largest absolute Gasteiger partial charge is 0.395 e. The third kappa shape index (κ3) is 8.43. The average Bonchev–Trinajstić information content (AvgIpc) is 3.04. The van der Waals surface area contributed by atoms with Crippen molar-refractivity contribution in [1.29, 1.82) is 0 Å². The van der Waals surface area contributed by atoms with E-state index in [2.05, 4.69) is 0 Å². The van der Waals surface area contributed by atoms with E-state index in [0.717, 1.165) is 0 Å². The van der Waals surface area contributed by atoms with Gasteiger partial charge in [0.2, 0.25) is 0 Å². The molecule has 3 saturated heterocycles. The summed E-state index contributed by atoms with van der Waals surface area (Å²) in [5.74, 6) is 0. The van der Waals surface area contributed by atoms with Crippen LogP contribution in [-0.4, -0.2) is 216 Å². The van der Waals surface area contributed by atoms with Gasteiger partial charge in [0, 0.05) is 0 Å². The molecule has 45 heavy (non-hydrogen) atoms. The summed E-state index contributed by atoms with van der Waals surface area (Å²) in [6, 6.07) is -2.87. The molecule has 3 fully saturated rings. The molecule has 17 N–H and O–H groups in total. The van der Waals surface area contributed by atoms with Gasteiger partial charge >= 0.3 is 0 Å². The van der Waals surface area contributed by atoms with Crippen LogP contribution >= 0.6 is 0 Å². The Balaban J connectivity index is 1.78. The highest BCUT2D eigenvalue weighted by Gasteiger charge is 2.54. The second-order valence-electron chi connectivity index (χ2n) is 11.1. The molecule has 0 aromatic rings. The highest BCUT2D eigenvalue weighted by molar-refractivity contribution is 4.98. The standard InChI is InChI=1S/C24H46N2O19/c25-6(1-27)19(12(33)7(32)2-28)43-22-11(26)15(36)20(10(5-31)42-22)44-24-18(39)21(14(35)9(4-30)41-24)45-23-17(38)16(37)13(34)8(3-29)40-23/h6-24,27-39H,1-5,25-26H2/t6-,7+,8+,9+,10+,11+,12-,13-,14-,15+,16-,17+,18+,19+,20+,21-,22+,23+,24-/m0/s1. The molecule has 21 heteroatoms. The zero-order valence-electron chi connectivity index (χ0n) is 23.9. The van der Waals surface area contributed by atoms with Gasteiger partial charge in [0.1, 0.15) is 85.5 Å². The van der Waals surface area contributed by atoms with Crippen LogP contribution in [0.2, 0.25) is 0 Å². The van der Waals surface area contributed by atoms with Crippen LogP contribution in [0.5, 0.6) is 0 Å². The molecule has 0 aromatic carbocycles. The summed E-state index contributed by atoms with van der Waals surface area (Å²) in [4.78, 5) is 0. The van der Waals surface area contributed by atoms with Gasteiger partial charge in [-0.25, -0.2) is 0 Å². The van der Waals surface area contributed by atoms with Gasteiger partial charge in [-0.3, -0.25) is 0 Å². The topological polar surface area (TPSA) is 370 Å². The Labute approximate surface area is 256 Å². The highest BCUT2D eigenvalue weighted by Crippen LogP contribution is 2.33. The number of hydrogen-bond donors (Lipinski definition) is 15. The van der Waals surface area contributed by atoms with Gasteiger partial charge in [0.05, 0.1) is 45.1 Å². The fraction of sp³-hybridized carbons (Fsp3) is 1.00. The van der Waals surface area contributed by atoms with Crippen LogP contribution < -0.4 is 11.5 Å². The zero-order valence-corrected chi connectivity index (χ0v) is 23.9. The third-order valence-corrected chi connectivity index (χ3v) is 8.00. The number of nitrogens with two attached hydrogens (primary N) is 2. The molecule has 21 nitrogen and oxygen atoms in total. The van der Waals surface area contributed by atoms with Crippen LogP contribution in [0.4, 0.5) is 0 Å². The minimum atomic E-state index is -1.98. The lowest BCUT2D eigenvalue weighted by Crippen LogP contribution is -2.68. The van der Waals surface area contributed by atoms with Gasteiger partial charge < -0.3 is 106 Å². The number of aliphatic hydroxyl groups is 13. The lowest BCUT2D eigenvalue weighted by molar-refractivity contribution is -0.377. The summed E-state index contributed by atoms with van der Waals surface area (Å²) in [6.07, 6.45) is -29.3.